The van der Waals surface area contributed by atoms with Gasteiger partial charge in [-0.15, -0.1) is 11.3 Å². The van der Waals surface area contributed by atoms with Gasteiger partial charge in [-0.25, -0.2) is 0 Å². The van der Waals surface area contributed by atoms with Gasteiger partial charge in [0, 0.05) is 13.5 Å². The number of hydrogen-bond donors (Lipinski definition) is 0. The monoisotopic (exact) mass is 278 g/mol. The Bertz CT molecular complexity index is 541. The van der Waals surface area contributed by atoms with E-state index in [2.05, 4.69) is 5.10 Å². The fourth-order valence-corrected chi connectivity index (χ4v) is 2.51. The lowest BCUT2D eigenvalue weighted by molar-refractivity contribution is -0.143. The van der Waals surface area contributed by atoms with Crippen LogP contribution in [0.3, 0.4) is 0 Å². The number of hydrogen-bond acceptors (Lipinski definition) is 2. The molecule has 2 nitrogen and oxygen atoms in total. The Balaban J connectivity index is 2.33. The van der Waals surface area contributed by atoms with Gasteiger partial charge in [0.1, 0.15) is 11.4 Å². The SMILES string of the molecule is Cn1nc(-c2cc(CCF)cs2)cc1C(F)(F)F. The Morgan fingerprint density at radius 3 is 2.61 bits per heavy atom. The summed E-state index contributed by atoms with van der Waals surface area (Å²) in [7, 11) is 1.25. The van der Waals surface area contributed by atoms with Crippen LogP contribution in [0.2, 0.25) is 0 Å². The van der Waals surface area contributed by atoms with Crippen LogP contribution in [0, 0.1) is 0 Å². The van der Waals surface area contributed by atoms with E-state index < -0.39 is 18.5 Å². The molecule has 2 aromatic heterocycles. The predicted octanol–water partition coefficient (Wildman–Crippen LogP) is 3.68. The molecule has 18 heavy (non-hydrogen) atoms. The first-order chi connectivity index (χ1) is 8.41. The third kappa shape index (κ3) is 2.55. The first kappa shape index (κ1) is 13.1. The molecular weight excluding hydrogens is 268 g/mol. The van der Waals surface area contributed by atoms with Gasteiger partial charge in [0.2, 0.25) is 0 Å². The average Bonchev–Trinajstić information content (AvgIpc) is 2.84. The summed E-state index contributed by atoms with van der Waals surface area (Å²) < 4.78 is 50.8. The molecule has 0 atom stereocenters. The minimum atomic E-state index is -4.42. The van der Waals surface area contributed by atoms with Gasteiger partial charge in [-0.05, 0) is 23.1 Å². The molecule has 0 saturated carbocycles. The number of aryl methyl sites for hydroxylation is 2. The van der Waals surface area contributed by atoms with Crippen molar-refractivity contribution in [2.24, 2.45) is 7.05 Å². The number of rotatable bonds is 3. The topological polar surface area (TPSA) is 17.8 Å². The number of thiophene rings is 1. The number of halogens is 4. The van der Waals surface area contributed by atoms with Gasteiger partial charge in [-0.1, -0.05) is 0 Å². The Hall–Kier alpha value is -1.37. The van der Waals surface area contributed by atoms with E-state index in [1.807, 2.05) is 0 Å². The van der Waals surface area contributed by atoms with Crippen molar-refractivity contribution in [3.63, 3.8) is 0 Å². The molecule has 2 aromatic rings. The molecule has 2 heterocycles. The van der Waals surface area contributed by atoms with Crippen molar-refractivity contribution >= 4 is 11.3 Å². The second kappa shape index (κ2) is 4.72. The summed E-state index contributed by atoms with van der Waals surface area (Å²) in [5.41, 5.74) is 0.245. The summed E-state index contributed by atoms with van der Waals surface area (Å²) in [5.74, 6) is 0. The normalized spacial score (nSPS) is 12.1. The zero-order chi connectivity index (χ0) is 13.3. The number of aromatic nitrogens is 2. The molecule has 0 saturated heterocycles. The van der Waals surface area contributed by atoms with Crippen molar-refractivity contribution in [1.82, 2.24) is 9.78 Å². The number of alkyl halides is 4. The summed E-state index contributed by atoms with van der Waals surface area (Å²) >= 11 is 1.27. The standard InChI is InChI=1S/C11H10F4N2S/c1-17-10(11(13,14)15)5-8(16-17)9-4-7(2-3-12)6-18-9/h4-6H,2-3H2,1H3. The van der Waals surface area contributed by atoms with Crippen LogP contribution in [0.15, 0.2) is 17.5 Å². The quantitative estimate of drug-likeness (QED) is 0.783. The molecule has 7 heteroatoms. The van der Waals surface area contributed by atoms with Gasteiger partial charge in [0.05, 0.1) is 11.6 Å². The second-order valence-corrected chi connectivity index (χ2v) is 4.71. The highest BCUT2D eigenvalue weighted by atomic mass is 32.1. The van der Waals surface area contributed by atoms with E-state index in [0.717, 1.165) is 16.3 Å². The summed E-state index contributed by atoms with van der Waals surface area (Å²) in [5, 5.41) is 5.57. The van der Waals surface area contributed by atoms with Crippen molar-refractivity contribution in [3.05, 3.63) is 28.8 Å². The molecule has 0 aliphatic rings. The van der Waals surface area contributed by atoms with Crippen molar-refractivity contribution in [2.75, 3.05) is 6.67 Å². The van der Waals surface area contributed by atoms with Gasteiger partial charge in [-0.3, -0.25) is 9.07 Å². The smallest absolute Gasteiger partial charge is 0.263 e. The maximum atomic E-state index is 12.6. The minimum absolute atomic E-state index is 0.264. The van der Waals surface area contributed by atoms with Crippen LogP contribution in [-0.2, 0) is 19.6 Å². The van der Waals surface area contributed by atoms with E-state index in [0.29, 0.717) is 4.88 Å². The molecule has 0 aliphatic carbocycles. The maximum absolute atomic E-state index is 12.6. The average molecular weight is 278 g/mol. The van der Waals surface area contributed by atoms with Gasteiger partial charge in [0.25, 0.3) is 0 Å². The molecule has 2 rings (SSSR count). The molecule has 0 spiro atoms. The molecule has 0 unspecified atom stereocenters. The molecule has 0 radical (unpaired) electrons. The molecule has 0 aromatic carbocycles. The molecule has 0 N–H and O–H groups in total. The molecule has 98 valence electrons. The molecule has 0 fully saturated rings. The Labute approximate surface area is 105 Å². The van der Waals surface area contributed by atoms with Crippen molar-refractivity contribution in [1.29, 1.82) is 0 Å². The molecule has 0 amide bonds. The summed E-state index contributed by atoms with van der Waals surface area (Å²) in [6.45, 7) is -0.480. The molecule has 0 aliphatic heterocycles. The lowest BCUT2D eigenvalue weighted by Gasteiger charge is -2.04. The zero-order valence-corrected chi connectivity index (χ0v) is 10.3. The maximum Gasteiger partial charge on any atom is 0.433 e. The van der Waals surface area contributed by atoms with Crippen LogP contribution >= 0.6 is 11.3 Å². The van der Waals surface area contributed by atoms with E-state index in [1.165, 1.54) is 18.4 Å². The number of nitrogens with zero attached hydrogens (tertiary/aromatic N) is 2. The Morgan fingerprint density at radius 1 is 1.33 bits per heavy atom. The van der Waals surface area contributed by atoms with Gasteiger partial charge >= 0.3 is 6.18 Å². The van der Waals surface area contributed by atoms with Crippen LogP contribution in [0.5, 0.6) is 0 Å². The second-order valence-electron chi connectivity index (χ2n) is 3.79. The minimum Gasteiger partial charge on any atom is -0.263 e. The van der Waals surface area contributed by atoms with Crippen LogP contribution in [-0.4, -0.2) is 16.5 Å². The van der Waals surface area contributed by atoms with Crippen LogP contribution < -0.4 is 0 Å². The van der Waals surface area contributed by atoms with Crippen molar-refractivity contribution < 1.29 is 17.6 Å². The Morgan fingerprint density at radius 2 is 2.06 bits per heavy atom. The highest BCUT2D eigenvalue weighted by Crippen LogP contribution is 2.33. The third-order valence-electron chi connectivity index (χ3n) is 2.46. The van der Waals surface area contributed by atoms with Crippen molar-refractivity contribution in [3.8, 4) is 10.6 Å². The van der Waals surface area contributed by atoms with Crippen LogP contribution in [0.25, 0.3) is 10.6 Å². The van der Waals surface area contributed by atoms with Crippen LogP contribution in [0.1, 0.15) is 11.3 Å². The molecule has 0 bridgehead atoms. The summed E-state index contributed by atoms with van der Waals surface area (Å²) in [6, 6.07) is 2.68. The summed E-state index contributed by atoms with van der Waals surface area (Å²) in [6.07, 6.45) is -4.14. The molecular formula is C11H10F4N2S. The van der Waals surface area contributed by atoms with Gasteiger partial charge in [-0.2, -0.15) is 18.3 Å². The summed E-state index contributed by atoms with van der Waals surface area (Å²) in [4.78, 5) is 0.615. The predicted molar refractivity (Wildman–Crippen MR) is 61.2 cm³/mol. The van der Waals surface area contributed by atoms with Gasteiger partial charge in [0.15, 0.2) is 0 Å². The fourth-order valence-electron chi connectivity index (χ4n) is 1.60. The van der Waals surface area contributed by atoms with E-state index in [4.69, 9.17) is 0 Å². The first-order valence-electron chi connectivity index (χ1n) is 5.17. The van der Waals surface area contributed by atoms with E-state index >= 15 is 0 Å². The Kier molecular flexibility index (Phi) is 3.43. The van der Waals surface area contributed by atoms with E-state index in [9.17, 15) is 17.6 Å². The highest BCUT2D eigenvalue weighted by Gasteiger charge is 2.35. The largest absolute Gasteiger partial charge is 0.433 e. The van der Waals surface area contributed by atoms with E-state index in [-0.39, 0.29) is 12.1 Å². The third-order valence-corrected chi connectivity index (χ3v) is 3.46. The fraction of sp³-hybridized carbons (Fsp3) is 0.364. The lowest BCUT2D eigenvalue weighted by atomic mass is 10.2. The van der Waals surface area contributed by atoms with Gasteiger partial charge < -0.3 is 0 Å². The van der Waals surface area contributed by atoms with E-state index in [1.54, 1.807) is 11.4 Å². The van der Waals surface area contributed by atoms with Crippen molar-refractivity contribution in [2.45, 2.75) is 12.6 Å². The zero-order valence-electron chi connectivity index (χ0n) is 9.46. The lowest BCUT2D eigenvalue weighted by Crippen LogP contribution is -2.11. The van der Waals surface area contributed by atoms with Crippen LogP contribution in [0.4, 0.5) is 17.6 Å². The highest BCUT2D eigenvalue weighted by molar-refractivity contribution is 7.13. The first-order valence-corrected chi connectivity index (χ1v) is 6.05.